The fourth-order valence-electron chi connectivity index (χ4n) is 4.50. The van der Waals surface area contributed by atoms with Crippen LogP contribution in [0.3, 0.4) is 0 Å². The second-order valence-corrected chi connectivity index (χ2v) is 12.8. The van der Waals surface area contributed by atoms with Crippen LogP contribution in [0.5, 0.6) is 11.5 Å². The molecule has 1 saturated heterocycles. The third-order valence-electron chi connectivity index (χ3n) is 6.75. The van der Waals surface area contributed by atoms with Crippen LogP contribution in [0.15, 0.2) is 70.8 Å². The molecular weight excluding hydrogens is 609 g/mol. The number of rotatable bonds is 11. The Hall–Kier alpha value is -3.53. The number of benzene rings is 2. The molecule has 0 aliphatic carbocycles. The lowest BCUT2D eigenvalue weighted by molar-refractivity contribution is -0.153. The first-order valence-electron chi connectivity index (χ1n) is 13.3. The summed E-state index contributed by atoms with van der Waals surface area (Å²) in [6.45, 7) is 4.17. The van der Waals surface area contributed by atoms with Crippen LogP contribution in [0.25, 0.3) is 11.0 Å². The second-order valence-electron chi connectivity index (χ2n) is 9.70. The number of hydrogen-bond acceptors (Lipinski definition) is 9. The number of imidazole rings is 1. The van der Waals surface area contributed by atoms with Crippen molar-refractivity contribution in [1.82, 2.24) is 18.8 Å². The van der Waals surface area contributed by atoms with E-state index in [0.717, 1.165) is 17.1 Å². The van der Waals surface area contributed by atoms with Gasteiger partial charge in [-0.15, -0.1) is 0 Å². The highest BCUT2D eigenvalue weighted by Gasteiger charge is 2.30. The molecule has 3 heterocycles. The maximum atomic E-state index is 13.9. The van der Waals surface area contributed by atoms with Crippen molar-refractivity contribution in [2.75, 3.05) is 46.1 Å². The van der Waals surface area contributed by atoms with Gasteiger partial charge in [-0.3, -0.25) is 14.1 Å². The van der Waals surface area contributed by atoms with Crippen molar-refractivity contribution in [2.24, 2.45) is 0 Å². The largest absolute Gasteiger partial charge is 0.492 e. The molecule has 0 radical (unpaired) electrons. The fraction of sp³-hybridized carbons (Fsp3) is 0.357. The minimum Gasteiger partial charge on any atom is -0.492 e. The summed E-state index contributed by atoms with van der Waals surface area (Å²) < 4.78 is 96.4. The molecular formula is C28H29F3N4O6S2. The number of nitrogens with zero attached hydrogens (tertiary/aromatic N) is 4. The zero-order chi connectivity index (χ0) is 30.6. The summed E-state index contributed by atoms with van der Waals surface area (Å²) in [7, 11) is -6.33. The summed E-state index contributed by atoms with van der Waals surface area (Å²) in [5, 5.41) is -0.241. The van der Waals surface area contributed by atoms with Gasteiger partial charge in [0, 0.05) is 31.4 Å². The van der Waals surface area contributed by atoms with Gasteiger partial charge in [-0.25, -0.2) is 17.4 Å². The van der Waals surface area contributed by atoms with Gasteiger partial charge in [-0.2, -0.15) is 13.2 Å². The van der Waals surface area contributed by atoms with Crippen LogP contribution in [0.1, 0.15) is 11.3 Å². The summed E-state index contributed by atoms with van der Waals surface area (Å²) in [5.41, 5.74) is 0.982. The monoisotopic (exact) mass is 638 g/mol. The molecule has 1 aliphatic rings. The summed E-state index contributed by atoms with van der Waals surface area (Å²) in [5.74, 6) is 0.137. The lowest BCUT2D eigenvalue weighted by Gasteiger charge is -2.26. The number of alkyl halides is 3. The van der Waals surface area contributed by atoms with Crippen LogP contribution in [0.4, 0.5) is 13.2 Å². The third-order valence-corrected chi connectivity index (χ3v) is 9.80. The number of fused-ring (bicyclic) bond motifs is 1. The number of morpholine rings is 1. The second kappa shape index (κ2) is 13.0. The van der Waals surface area contributed by atoms with Crippen molar-refractivity contribution in [2.45, 2.75) is 28.9 Å². The molecule has 0 bridgehead atoms. The van der Waals surface area contributed by atoms with E-state index < -0.39 is 33.6 Å². The Kier molecular flexibility index (Phi) is 9.34. The predicted molar refractivity (Wildman–Crippen MR) is 152 cm³/mol. The Morgan fingerprint density at radius 1 is 1.02 bits per heavy atom. The van der Waals surface area contributed by atoms with Crippen molar-refractivity contribution in [3.63, 3.8) is 0 Å². The normalized spacial score (nSPS) is 15.4. The summed E-state index contributed by atoms with van der Waals surface area (Å²) in [6.07, 6.45) is -3.29. The van der Waals surface area contributed by atoms with E-state index in [4.69, 9.17) is 14.2 Å². The Morgan fingerprint density at radius 2 is 1.74 bits per heavy atom. The summed E-state index contributed by atoms with van der Waals surface area (Å²) in [4.78, 5) is 10.7. The van der Waals surface area contributed by atoms with Gasteiger partial charge < -0.3 is 14.2 Å². The van der Waals surface area contributed by atoms with Gasteiger partial charge >= 0.3 is 6.18 Å². The molecule has 0 saturated carbocycles. The van der Waals surface area contributed by atoms with Crippen molar-refractivity contribution in [3.8, 4) is 11.5 Å². The molecule has 0 N–H and O–H groups in total. The summed E-state index contributed by atoms with van der Waals surface area (Å²) >= 11 is 0. The van der Waals surface area contributed by atoms with Crippen molar-refractivity contribution >= 4 is 31.9 Å². The van der Waals surface area contributed by atoms with Crippen LogP contribution in [-0.2, 0) is 31.3 Å². The van der Waals surface area contributed by atoms with Crippen LogP contribution in [-0.4, -0.2) is 83.7 Å². The fourth-order valence-corrected chi connectivity index (χ4v) is 7.54. The Morgan fingerprint density at radius 3 is 2.47 bits per heavy atom. The van der Waals surface area contributed by atoms with E-state index in [-0.39, 0.29) is 38.3 Å². The lowest BCUT2D eigenvalue weighted by atomic mass is 10.2. The molecule has 0 spiro atoms. The van der Waals surface area contributed by atoms with Crippen molar-refractivity contribution < 1.29 is 40.0 Å². The smallest absolute Gasteiger partial charge is 0.422 e. The molecule has 1 fully saturated rings. The Bertz CT molecular complexity index is 1710. The van der Waals surface area contributed by atoms with E-state index in [1.807, 2.05) is 0 Å². The topological polar surface area (TPSA) is 113 Å². The average molecular weight is 639 g/mol. The standard InChI is InChI=1S/C28H29F3N4O6S2/c1-20-24(32-11-10-26(20)41-19-28(29,30)31)18-42(36)27-33-23-4-2-3-5-25(23)35(27)43(37,38)22-8-6-21(7-9-22)40-17-14-34-12-15-39-16-13-34/h2-11H,12-19H2,1H3. The Labute approximate surface area is 248 Å². The lowest BCUT2D eigenvalue weighted by Crippen LogP contribution is -2.38. The Balaban J connectivity index is 1.38. The van der Waals surface area contributed by atoms with Crippen LogP contribution >= 0.6 is 0 Å². The molecule has 4 aromatic rings. The van der Waals surface area contributed by atoms with Gasteiger partial charge in [0.1, 0.15) is 18.1 Å². The highest BCUT2D eigenvalue weighted by molar-refractivity contribution is 7.91. The van der Waals surface area contributed by atoms with Crippen molar-refractivity contribution in [1.29, 1.82) is 0 Å². The number of halogens is 3. The molecule has 1 unspecified atom stereocenters. The van der Waals surface area contributed by atoms with E-state index in [2.05, 4.69) is 14.9 Å². The van der Waals surface area contributed by atoms with Gasteiger partial charge in [0.2, 0.25) is 5.16 Å². The van der Waals surface area contributed by atoms with E-state index in [0.29, 0.717) is 37.6 Å². The highest BCUT2D eigenvalue weighted by Crippen LogP contribution is 2.29. The van der Waals surface area contributed by atoms with E-state index >= 15 is 0 Å². The van der Waals surface area contributed by atoms with Crippen LogP contribution in [0, 0.1) is 6.92 Å². The number of hydrogen-bond donors (Lipinski definition) is 0. The molecule has 2 aromatic heterocycles. The minimum atomic E-state index is -4.54. The van der Waals surface area contributed by atoms with E-state index in [1.54, 1.807) is 36.4 Å². The zero-order valence-electron chi connectivity index (χ0n) is 23.1. The maximum absolute atomic E-state index is 13.9. The van der Waals surface area contributed by atoms with E-state index in [9.17, 15) is 25.8 Å². The molecule has 2 aromatic carbocycles. The molecule has 0 amide bonds. The number of ether oxygens (including phenoxy) is 3. The molecule has 230 valence electrons. The zero-order valence-corrected chi connectivity index (χ0v) is 24.8. The predicted octanol–water partition coefficient (Wildman–Crippen LogP) is 3.94. The number of para-hydroxylation sites is 2. The highest BCUT2D eigenvalue weighted by atomic mass is 32.2. The third kappa shape index (κ3) is 7.34. The first-order valence-corrected chi connectivity index (χ1v) is 16.1. The first kappa shape index (κ1) is 30.9. The quantitative estimate of drug-likeness (QED) is 0.241. The van der Waals surface area contributed by atoms with Gasteiger partial charge in [0.25, 0.3) is 10.0 Å². The molecule has 15 heteroatoms. The molecule has 10 nitrogen and oxygen atoms in total. The minimum absolute atomic E-state index is 0.0623. The first-order chi connectivity index (χ1) is 20.5. The van der Waals surface area contributed by atoms with Crippen LogP contribution < -0.4 is 9.47 Å². The number of pyridine rings is 1. The van der Waals surface area contributed by atoms with E-state index in [1.165, 1.54) is 31.3 Å². The van der Waals surface area contributed by atoms with Gasteiger partial charge in [0.15, 0.2) is 6.61 Å². The number of aromatic nitrogens is 3. The summed E-state index contributed by atoms with van der Waals surface area (Å²) in [6, 6.07) is 13.7. The van der Waals surface area contributed by atoms with Gasteiger partial charge in [0.05, 0.1) is 51.4 Å². The SMILES string of the molecule is Cc1c(OCC(F)(F)F)ccnc1CS(=O)c1nc2ccccc2n1S(=O)(=O)c1ccc(OCCN2CCOCC2)cc1. The van der Waals surface area contributed by atoms with Gasteiger partial charge in [-0.1, -0.05) is 12.1 Å². The van der Waals surface area contributed by atoms with Crippen molar-refractivity contribution in [3.05, 3.63) is 72.1 Å². The molecule has 1 aliphatic heterocycles. The molecule has 43 heavy (non-hydrogen) atoms. The molecule has 1 atom stereocenters. The average Bonchev–Trinajstić information content (AvgIpc) is 3.39. The van der Waals surface area contributed by atoms with Crippen LogP contribution in [0.2, 0.25) is 0 Å². The molecule has 5 rings (SSSR count). The maximum Gasteiger partial charge on any atom is 0.422 e. The van der Waals surface area contributed by atoms with Gasteiger partial charge in [-0.05, 0) is 49.4 Å².